The average molecular weight is 459 g/mol. The number of carbonyl (C=O) groups excluding carboxylic acids is 1. The van der Waals surface area contributed by atoms with Crippen molar-refractivity contribution in [2.45, 2.75) is 32.6 Å². The van der Waals surface area contributed by atoms with E-state index in [-0.39, 0.29) is 6.61 Å². The Balaban J connectivity index is 1.67. The van der Waals surface area contributed by atoms with Gasteiger partial charge in [-0.1, -0.05) is 80.1 Å². The maximum atomic E-state index is 13.4. The van der Waals surface area contributed by atoms with E-state index in [1.54, 1.807) is 19.9 Å². The summed E-state index contributed by atoms with van der Waals surface area (Å²) >= 11 is 5.28. The summed E-state index contributed by atoms with van der Waals surface area (Å²) in [5, 5.41) is -1.64. The Morgan fingerprint density at radius 2 is 1.65 bits per heavy atom. The highest BCUT2D eigenvalue weighted by atomic mass is 35.5. The van der Waals surface area contributed by atoms with Crippen LogP contribution in [-0.4, -0.2) is 18.1 Å². The zero-order chi connectivity index (χ0) is 23.0. The Kier molecular flexibility index (Phi) is 6.20. The molecule has 0 saturated heterocycles. The Hall–Kier alpha value is -2.41. The average Bonchev–Trinajstić information content (AvgIpc) is 3.26. The molecule has 0 N–H and O–H groups in total. The topological polar surface area (TPSA) is 26.3 Å². The van der Waals surface area contributed by atoms with Crippen LogP contribution < -0.4 is 0 Å². The third kappa shape index (κ3) is 4.76. The van der Waals surface area contributed by atoms with E-state index in [9.17, 15) is 26.7 Å². The standard InChI is InChI=1S/C23H20ClF5O2/c1-21(2)17(12-18(24)22(25,26)23(27,28)29)19(21)20(30)31-13-14-7-6-10-16(11-14)15-8-4-3-5-9-15/h3-12,17,19H,13H2,1-2H3/b18-12+/t17-,19-/m0/s1. The molecular weight excluding hydrogens is 439 g/mol. The number of halogens is 6. The summed E-state index contributed by atoms with van der Waals surface area (Å²) in [5.74, 6) is -7.57. The first-order valence-corrected chi connectivity index (χ1v) is 9.87. The highest BCUT2D eigenvalue weighted by molar-refractivity contribution is 6.30. The summed E-state index contributed by atoms with van der Waals surface area (Å²) in [6, 6.07) is 16.9. The van der Waals surface area contributed by atoms with Gasteiger partial charge in [-0.25, -0.2) is 0 Å². The quantitative estimate of drug-likeness (QED) is 0.344. The van der Waals surface area contributed by atoms with E-state index in [4.69, 9.17) is 16.3 Å². The molecule has 0 heterocycles. The number of alkyl halides is 5. The fourth-order valence-corrected chi connectivity index (χ4v) is 3.80. The van der Waals surface area contributed by atoms with Gasteiger partial charge >= 0.3 is 18.1 Å². The highest BCUT2D eigenvalue weighted by Crippen LogP contribution is 2.61. The monoisotopic (exact) mass is 458 g/mol. The number of benzene rings is 2. The van der Waals surface area contributed by atoms with Gasteiger partial charge in [0.1, 0.15) is 6.61 Å². The minimum absolute atomic E-state index is 0.0467. The van der Waals surface area contributed by atoms with E-state index >= 15 is 0 Å². The second kappa shape index (κ2) is 8.26. The van der Waals surface area contributed by atoms with Crippen molar-refractivity contribution in [2.24, 2.45) is 17.3 Å². The van der Waals surface area contributed by atoms with Crippen LogP contribution in [0.5, 0.6) is 0 Å². The maximum Gasteiger partial charge on any atom is 0.459 e. The third-order valence-electron chi connectivity index (χ3n) is 5.56. The molecule has 0 aliphatic heterocycles. The van der Waals surface area contributed by atoms with Gasteiger partial charge in [0.25, 0.3) is 0 Å². The number of hydrogen-bond acceptors (Lipinski definition) is 2. The molecule has 2 aromatic carbocycles. The lowest BCUT2D eigenvalue weighted by molar-refractivity contribution is -0.261. The largest absolute Gasteiger partial charge is 0.461 e. The number of ether oxygens (including phenoxy) is 1. The molecule has 2 nitrogen and oxygen atoms in total. The predicted octanol–water partition coefficient (Wildman–Crippen LogP) is 6.99. The molecule has 2 atom stereocenters. The highest BCUT2D eigenvalue weighted by Gasteiger charge is 2.64. The van der Waals surface area contributed by atoms with Gasteiger partial charge in [0.15, 0.2) is 0 Å². The molecule has 1 saturated carbocycles. The number of carbonyl (C=O) groups is 1. The van der Waals surface area contributed by atoms with E-state index in [0.717, 1.165) is 16.7 Å². The van der Waals surface area contributed by atoms with Gasteiger partial charge in [0.05, 0.1) is 11.0 Å². The van der Waals surface area contributed by atoms with Crippen LogP contribution in [0.3, 0.4) is 0 Å². The molecule has 0 aromatic heterocycles. The summed E-state index contributed by atoms with van der Waals surface area (Å²) in [5.41, 5.74) is 1.80. The molecule has 0 spiro atoms. The minimum atomic E-state index is -5.81. The van der Waals surface area contributed by atoms with E-state index < -0.39 is 40.4 Å². The van der Waals surface area contributed by atoms with Crippen molar-refractivity contribution in [1.82, 2.24) is 0 Å². The number of hydrogen-bond donors (Lipinski definition) is 0. The van der Waals surface area contributed by atoms with Gasteiger partial charge in [-0.3, -0.25) is 4.79 Å². The van der Waals surface area contributed by atoms with E-state index in [0.29, 0.717) is 6.08 Å². The summed E-state index contributed by atoms with van der Waals surface area (Å²) < 4.78 is 69.6. The molecule has 1 aliphatic carbocycles. The fourth-order valence-electron chi connectivity index (χ4n) is 3.55. The minimum Gasteiger partial charge on any atom is -0.461 e. The van der Waals surface area contributed by atoms with Crippen molar-refractivity contribution in [3.8, 4) is 11.1 Å². The van der Waals surface area contributed by atoms with Crippen LogP contribution in [-0.2, 0) is 16.1 Å². The van der Waals surface area contributed by atoms with Crippen molar-refractivity contribution in [3.63, 3.8) is 0 Å². The van der Waals surface area contributed by atoms with Gasteiger partial charge in [-0.15, -0.1) is 0 Å². The van der Waals surface area contributed by atoms with Gasteiger partial charge in [-0.2, -0.15) is 22.0 Å². The van der Waals surface area contributed by atoms with Crippen molar-refractivity contribution in [2.75, 3.05) is 0 Å². The molecule has 0 radical (unpaired) electrons. The summed E-state index contributed by atoms with van der Waals surface area (Å²) in [6.45, 7) is 3.13. The van der Waals surface area contributed by atoms with Crippen LogP contribution in [0.2, 0.25) is 0 Å². The molecular formula is C23H20ClF5O2. The number of esters is 1. The first-order valence-electron chi connectivity index (χ1n) is 9.49. The molecule has 166 valence electrons. The maximum absolute atomic E-state index is 13.4. The lowest BCUT2D eigenvalue weighted by atomic mass is 10.0. The van der Waals surface area contributed by atoms with Crippen molar-refractivity contribution in [1.29, 1.82) is 0 Å². The third-order valence-corrected chi connectivity index (χ3v) is 5.93. The molecule has 1 aliphatic rings. The van der Waals surface area contributed by atoms with Crippen LogP contribution in [0.4, 0.5) is 22.0 Å². The molecule has 2 aromatic rings. The van der Waals surface area contributed by atoms with Gasteiger partial charge in [-0.05, 0) is 34.1 Å². The first kappa shape index (κ1) is 23.3. The van der Waals surface area contributed by atoms with Crippen molar-refractivity contribution >= 4 is 17.6 Å². The van der Waals surface area contributed by atoms with Crippen LogP contribution in [0.1, 0.15) is 19.4 Å². The zero-order valence-corrected chi connectivity index (χ0v) is 17.5. The molecule has 0 unspecified atom stereocenters. The second-order valence-corrected chi connectivity index (χ2v) is 8.49. The summed E-state index contributed by atoms with van der Waals surface area (Å²) in [4.78, 5) is 12.5. The van der Waals surface area contributed by atoms with Gasteiger partial charge in [0.2, 0.25) is 0 Å². The Morgan fingerprint density at radius 3 is 2.26 bits per heavy atom. The fraction of sp³-hybridized carbons (Fsp3) is 0.348. The normalized spacial score (nSPS) is 21.0. The molecule has 8 heteroatoms. The summed E-state index contributed by atoms with van der Waals surface area (Å²) in [7, 11) is 0. The van der Waals surface area contributed by atoms with Crippen LogP contribution in [0, 0.1) is 17.3 Å². The van der Waals surface area contributed by atoms with E-state index in [2.05, 4.69) is 0 Å². The zero-order valence-electron chi connectivity index (χ0n) is 16.7. The van der Waals surface area contributed by atoms with Gasteiger partial charge in [0, 0.05) is 0 Å². The second-order valence-electron chi connectivity index (χ2n) is 8.09. The Bertz CT molecular complexity index is 983. The molecule has 0 amide bonds. The SMILES string of the molecule is CC1(C)[C@H](C(=O)OCc2cccc(-c3ccccc3)c2)[C@@H]1/C=C(/Cl)C(F)(F)C(F)(F)F. The van der Waals surface area contributed by atoms with Crippen LogP contribution in [0.15, 0.2) is 65.7 Å². The van der Waals surface area contributed by atoms with E-state index in [1.165, 1.54) is 0 Å². The number of rotatable bonds is 6. The van der Waals surface area contributed by atoms with E-state index in [1.807, 2.05) is 48.5 Å². The van der Waals surface area contributed by atoms with Crippen LogP contribution in [0.25, 0.3) is 11.1 Å². The lowest BCUT2D eigenvalue weighted by Gasteiger charge is -2.18. The molecule has 0 bridgehead atoms. The molecule has 1 fully saturated rings. The Labute approximate surface area is 181 Å². The van der Waals surface area contributed by atoms with Gasteiger partial charge < -0.3 is 4.74 Å². The number of allylic oxidation sites excluding steroid dienone is 2. The smallest absolute Gasteiger partial charge is 0.459 e. The van der Waals surface area contributed by atoms with Crippen molar-refractivity contribution in [3.05, 3.63) is 71.3 Å². The van der Waals surface area contributed by atoms with Crippen LogP contribution >= 0.6 is 11.6 Å². The Morgan fingerprint density at radius 1 is 1.03 bits per heavy atom. The first-order chi connectivity index (χ1) is 14.4. The summed E-state index contributed by atoms with van der Waals surface area (Å²) in [6.07, 6.45) is -5.18. The lowest BCUT2D eigenvalue weighted by Crippen LogP contribution is -2.36. The predicted molar refractivity (Wildman–Crippen MR) is 107 cm³/mol. The molecule has 3 rings (SSSR count). The van der Waals surface area contributed by atoms with Crippen molar-refractivity contribution < 1.29 is 31.5 Å². The molecule has 31 heavy (non-hydrogen) atoms.